The smallest absolute Gasteiger partial charge is 0.192 e. The van der Waals surface area contributed by atoms with Crippen LogP contribution < -0.4 is 0 Å². The largest absolute Gasteiger partial charge is 0.411 e. The SMILES string of the molecule is CC[C@@H]1O[C@@H](CC=O)[C@H](O[Si](C)(C)C(C)(C)C)C/C=C\C[C@H]1O. The molecule has 1 aliphatic heterocycles. The lowest BCUT2D eigenvalue weighted by Gasteiger charge is -2.41. The summed E-state index contributed by atoms with van der Waals surface area (Å²) in [6, 6.07) is 0. The van der Waals surface area contributed by atoms with Crippen molar-refractivity contribution in [3.8, 4) is 0 Å². The lowest BCUT2D eigenvalue weighted by Crippen LogP contribution is -2.48. The third-order valence-electron chi connectivity index (χ3n) is 5.09. The summed E-state index contributed by atoms with van der Waals surface area (Å²) in [6.45, 7) is 13.0. The molecule has 0 saturated heterocycles. The van der Waals surface area contributed by atoms with Crippen LogP contribution in [-0.4, -0.2) is 44.1 Å². The minimum absolute atomic E-state index is 0.102. The first-order chi connectivity index (χ1) is 10.6. The van der Waals surface area contributed by atoms with Gasteiger partial charge in [0.25, 0.3) is 0 Å². The Labute approximate surface area is 142 Å². The minimum atomic E-state index is -1.96. The Morgan fingerprint density at radius 3 is 2.39 bits per heavy atom. The lowest BCUT2D eigenvalue weighted by molar-refractivity contribution is -0.127. The van der Waals surface area contributed by atoms with Crippen molar-refractivity contribution in [3.63, 3.8) is 0 Å². The van der Waals surface area contributed by atoms with Crippen LogP contribution in [0.25, 0.3) is 0 Å². The van der Waals surface area contributed by atoms with Gasteiger partial charge in [0.2, 0.25) is 0 Å². The summed E-state index contributed by atoms with van der Waals surface area (Å²) in [4.78, 5) is 11.1. The number of hydrogen-bond acceptors (Lipinski definition) is 4. The van der Waals surface area contributed by atoms with Gasteiger partial charge in [0.1, 0.15) is 6.29 Å². The monoisotopic (exact) mass is 342 g/mol. The zero-order valence-electron chi connectivity index (χ0n) is 15.5. The molecule has 5 heteroatoms. The van der Waals surface area contributed by atoms with E-state index in [0.29, 0.717) is 19.3 Å². The molecule has 1 heterocycles. The van der Waals surface area contributed by atoms with Crippen LogP contribution in [0.15, 0.2) is 12.2 Å². The Morgan fingerprint density at radius 1 is 1.26 bits per heavy atom. The number of carbonyl (C=O) groups is 1. The molecule has 1 N–H and O–H groups in total. The first kappa shape index (κ1) is 20.6. The molecule has 0 saturated carbocycles. The number of carbonyl (C=O) groups excluding carboxylic acids is 1. The maximum absolute atomic E-state index is 11.1. The fourth-order valence-electron chi connectivity index (χ4n) is 2.52. The average Bonchev–Trinajstić information content (AvgIpc) is 2.50. The molecule has 134 valence electrons. The molecule has 1 rings (SSSR count). The Balaban J connectivity index is 3.01. The highest BCUT2D eigenvalue weighted by Gasteiger charge is 2.41. The van der Waals surface area contributed by atoms with E-state index in [0.717, 1.165) is 12.7 Å². The summed E-state index contributed by atoms with van der Waals surface area (Å²) >= 11 is 0. The van der Waals surface area contributed by atoms with Gasteiger partial charge in [-0.3, -0.25) is 0 Å². The highest BCUT2D eigenvalue weighted by atomic mass is 28.4. The molecule has 0 unspecified atom stereocenters. The second-order valence-corrected chi connectivity index (χ2v) is 12.7. The molecule has 4 nitrogen and oxygen atoms in total. The average molecular weight is 343 g/mol. The molecule has 0 radical (unpaired) electrons. The van der Waals surface area contributed by atoms with Gasteiger partial charge in [-0.05, 0) is 37.4 Å². The number of rotatable bonds is 5. The van der Waals surface area contributed by atoms with Gasteiger partial charge >= 0.3 is 0 Å². The van der Waals surface area contributed by atoms with Gasteiger partial charge < -0.3 is 19.1 Å². The Kier molecular flexibility index (Phi) is 7.65. The molecule has 0 aromatic rings. The van der Waals surface area contributed by atoms with E-state index < -0.39 is 14.4 Å². The van der Waals surface area contributed by atoms with Gasteiger partial charge in [0, 0.05) is 6.42 Å². The van der Waals surface area contributed by atoms with Gasteiger partial charge in [-0.15, -0.1) is 0 Å². The zero-order valence-corrected chi connectivity index (χ0v) is 16.5. The first-order valence-electron chi connectivity index (χ1n) is 8.72. The Hall–Kier alpha value is -0.493. The standard InChI is InChI=1S/C18H34O4Si/c1-7-15-14(20)10-8-9-11-17(16(21-15)12-13-19)22-23(5,6)18(2,3)4/h8-9,13-17,20H,7,10-12H2,1-6H3/b9-8-/t14-,15+,16+,17-/m1/s1. The van der Waals surface area contributed by atoms with Gasteiger partial charge in [0.05, 0.1) is 24.4 Å². The minimum Gasteiger partial charge on any atom is -0.411 e. The van der Waals surface area contributed by atoms with Crippen LogP contribution in [-0.2, 0) is 14.0 Å². The highest BCUT2D eigenvalue weighted by molar-refractivity contribution is 6.74. The molecule has 0 aromatic carbocycles. The third-order valence-corrected chi connectivity index (χ3v) is 9.59. The molecule has 23 heavy (non-hydrogen) atoms. The van der Waals surface area contributed by atoms with E-state index >= 15 is 0 Å². The predicted molar refractivity (Wildman–Crippen MR) is 96.1 cm³/mol. The maximum atomic E-state index is 11.1. The van der Waals surface area contributed by atoms with Crippen molar-refractivity contribution in [1.82, 2.24) is 0 Å². The normalized spacial score (nSPS) is 31.8. The van der Waals surface area contributed by atoms with E-state index in [1.807, 2.05) is 13.0 Å². The maximum Gasteiger partial charge on any atom is 0.192 e. The predicted octanol–water partition coefficient (Wildman–Crippen LogP) is 3.84. The molecule has 4 atom stereocenters. The van der Waals surface area contributed by atoms with Crippen molar-refractivity contribution >= 4 is 14.6 Å². The summed E-state index contributed by atoms with van der Waals surface area (Å²) in [7, 11) is -1.96. The van der Waals surface area contributed by atoms with Crippen molar-refractivity contribution in [1.29, 1.82) is 0 Å². The summed E-state index contributed by atoms with van der Waals surface area (Å²) in [6.07, 6.45) is 6.04. The number of ether oxygens (including phenoxy) is 1. The zero-order chi connectivity index (χ0) is 17.7. The topological polar surface area (TPSA) is 55.8 Å². The summed E-state index contributed by atoms with van der Waals surface area (Å²) in [5.41, 5.74) is 0. The third kappa shape index (κ3) is 5.82. The lowest BCUT2D eigenvalue weighted by atomic mass is 10.1. The molecule has 0 bridgehead atoms. The van der Waals surface area contributed by atoms with Crippen molar-refractivity contribution in [3.05, 3.63) is 12.2 Å². The Morgan fingerprint density at radius 2 is 1.87 bits per heavy atom. The second kappa shape index (κ2) is 8.56. The fraction of sp³-hybridized carbons (Fsp3) is 0.833. The van der Waals surface area contributed by atoms with Crippen LogP contribution in [0.4, 0.5) is 0 Å². The fourth-order valence-corrected chi connectivity index (χ4v) is 3.88. The molecular formula is C18H34O4Si. The summed E-state index contributed by atoms with van der Waals surface area (Å²) in [5, 5.41) is 10.3. The van der Waals surface area contributed by atoms with Crippen LogP contribution in [0.5, 0.6) is 0 Å². The van der Waals surface area contributed by atoms with Crippen LogP contribution in [0, 0.1) is 0 Å². The molecule has 0 aliphatic carbocycles. The Bertz CT molecular complexity index is 400. The first-order valence-corrected chi connectivity index (χ1v) is 11.6. The second-order valence-electron chi connectivity index (χ2n) is 7.95. The van der Waals surface area contributed by atoms with E-state index in [2.05, 4.69) is 39.9 Å². The molecular weight excluding hydrogens is 308 g/mol. The van der Waals surface area contributed by atoms with E-state index in [4.69, 9.17) is 9.16 Å². The van der Waals surface area contributed by atoms with Crippen LogP contribution in [0.1, 0.15) is 53.4 Å². The van der Waals surface area contributed by atoms with Crippen molar-refractivity contribution in [2.24, 2.45) is 0 Å². The van der Waals surface area contributed by atoms with Gasteiger partial charge in [-0.1, -0.05) is 39.8 Å². The van der Waals surface area contributed by atoms with E-state index in [1.165, 1.54) is 0 Å². The van der Waals surface area contributed by atoms with Crippen LogP contribution in [0.2, 0.25) is 18.1 Å². The summed E-state index contributed by atoms with van der Waals surface area (Å²) < 4.78 is 12.7. The molecule has 0 fully saturated rings. The van der Waals surface area contributed by atoms with E-state index in [-0.39, 0.29) is 23.4 Å². The van der Waals surface area contributed by atoms with Crippen molar-refractivity contribution in [2.75, 3.05) is 0 Å². The number of aldehydes is 1. The van der Waals surface area contributed by atoms with Gasteiger partial charge in [-0.25, -0.2) is 0 Å². The van der Waals surface area contributed by atoms with E-state index in [9.17, 15) is 9.90 Å². The molecule has 0 amide bonds. The summed E-state index contributed by atoms with van der Waals surface area (Å²) in [5.74, 6) is 0. The van der Waals surface area contributed by atoms with E-state index in [1.54, 1.807) is 0 Å². The van der Waals surface area contributed by atoms with Gasteiger partial charge in [-0.2, -0.15) is 0 Å². The van der Waals surface area contributed by atoms with Gasteiger partial charge in [0.15, 0.2) is 8.32 Å². The molecule has 1 aliphatic rings. The van der Waals surface area contributed by atoms with Crippen LogP contribution in [0.3, 0.4) is 0 Å². The van der Waals surface area contributed by atoms with Crippen LogP contribution >= 0.6 is 0 Å². The van der Waals surface area contributed by atoms with Crippen molar-refractivity contribution < 1.29 is 19.1 Å². The highest BCUT2D eigenvalue weighted by Crippen LogP contribution is 2.38. The van der Waals surface area contributed by atoms with Crippen molar-refractivity contribution in [2.45, 2.75) is 95.9 Å². The molecule has 0 spiro atoms. The number of hydrogen-bond donors (Lipinski definition) is 1. The quantitative estimate of drug-likeness (QED) is 0.468. The number of aliphatic hydroxyl groups is 1. The molecule has 0 aromatic heterocycles. The number of aliphatic hydroxyl groups excluding tert-OH is 1.